The van der Waals surface area contributed by atoms with Crippen LogP contribution in [-0.4, -0.2) is 14.0 Å². The lowest BCUT2D eigenvalue weighted by Gasteiger charge is -2.21. The Morgan fingerprint density at radius 3 is 2.59 bits per heavy atom. The van der Waals surface area contributed by atoms with Gasteiger partial charge in [0.2, 0.25) is 0 Å². The molecule has 1 aromatic carbocycles. The lowest BCUT2D eigenvalue weighted by molar-refractivity contribution is 0.102. The Labute approximate surface area is 142 Å². The summed E-state index contributed by atoms with van der Waals surface area (Å²) >= 11 is 7.81. The molecular weight excluding hydrogens is 330 g/mol. The summed E-state index contributed by atoms with van der Waals surface area (Å²) in [5, 5.41) is 5.54. The van der Waals surface area contributed by atoms with Gasteiger partial charge in [-0.25, -0.2) is 0 Å². The Morgan fingerprint density at radius 2 is 1.95 bits per heavy atom. The van der Waals surface area contributed by atoms with Crippen molar-refractivity contribution in [2.24, 2.45) is 0 Å². The van der Waals surface area contributed by atoms with E-state index in [-0.39, 0.29) is 5.91 Å². The molecule has 0 radical (unpaired) electrons. The maximum absolute atomic E-state index is 12.4. The van der Waals surface area contributed by atoms with Gasteiger partial charge >= 0.3 is 0 Å². The first-order valence-corrected chi connectivity index (χ1v) is 12.4. The minimum Gasteiger partial charge on any atom is -0.321 e. The van der Waals surface area contributed by atoms with Gasteiger partial charge in [0, 0.05) is 13.0 Å². The number of hydrogen-bond acceptors (Lipinski definition) is 2. The van der Waals surface area contributed by atoms with Crippen LogP contribution in [-0.2, 0) is 0 Å². The van der Waals surface area contributed by atoms with Crippen LogP contribution in [0.5, 0.6) is 0 Å². The van der Waals surface area contributed by atoms with Crippen molar-refractivity contribution in [3.05, 3.63) is 51.2 Å². The van der Waals surface area contributed by atoms with Gasteiger partial charge in [-0.3, -0.25) is 4.79 Å². The Balaban J connectivity index is 2.17. The average molecular weight is 352 g/mol. The summed E-state index contributed by atoms with van der Waals surface area (Å²) in [6.45, 7) is 9.37. The minimum absolute atomic E-state index is 0.148. The molecular formula is C17H22ClNOSSi. The van der Waals surface area contributed by atoms with Crippen molar-refractivity contribution >= 4 is 42.6 Å². The third-order valence-corrected chi connectivity index (χ3v) is 6.74. The van der Waals surface area contributed by atoms with Gasteiger partial charge in [-0.05, 0) is 29.5 Å². The number of benzene rings is 1. The number of halogens is 1. The molecule has 5 heteroatoms. The van der Waals surface area contributed by atoms with Crippen LogP contribution in [0.4, 0.5) is 5.69 Å². The van der Waals surface area contributed by atoms with Gasteiger partial charge in [-0.2, -0.15) is 0 Å². The van der Waals surface area contributed by atoms with Crippen molar-refractivity contribution in [2.45, 2.75) is 38.5 Å². The number of thiophene rings is 1. The van der Waals surface area contributed by atoms with E-state index >= 15 is 0 Å². The second kappa shape index (κ2) is 6.98. The summed E-state index contributed by atoms with van der Waals surface area (Å²) < 4.78 is 0. The van der Waals surface area contributed by atoms with E-state index in [1.165, 1.54) is 10.9 Å². The van der Waals surface area contributed by atoms with E-state index in [4.69, 9.17) is 11.6 Å². The summed E-state index contributed by atoms with van der Waals surface area (Å²) in [7, 11) is -1.14. The number of rotatable bonds is 5. The van der Waals surface area contributed by atoms with E-state index in [2.05, 4.69) is 31.9 Å². The van der Waals surface area contributed by atoms with Crippen LogP contribution in [0, 0.1) is 0 Å². The standard InChI is InChI=1S/C17H22ClNOSSi/c1-12(11-22(2,3)4)16-15(9-10-21-16)19-17(20)13-7-5-6-8-14(13)18/h5-10,12H,11H2,1-4H3,(H,19,20). The molecule has 1 unspecified atom stereocenters. The third kappa shape index (κ3) is 4.45. The van der Waals surface area contributed by atoms with Crippen LogP contribution in [0.25, 0.3) is 0 Å². The largest absolute Gasteiger partial charge is 0.321 e. The summed E-state index contributed by atoms with van der Waals surface area (Å²) in [6, 6.07) is 10.3. The Morgan fingerprint density at radius 1 is 1.27 bits per heavy atom. The maximum atomic E-state index is 12.4. The van der Waals surface area contributed by atoms with E-state index in [0.29, 0.717) is 16.5 Å². The molecule has 0 saturated heterocycles. The Bertz CT molecular complexity index is 663. The van der Waals surface area contributed by atoms with Crippen molar-refractivity contribution < 1.29 is 4.79 Å². The fraction of sp³-hybridized carbons (Fsp3) is 0.353. The van der Waals surface area contributed by atoms with Crippen LogP contribution >= 0.6 is 22.9 Å². The molecule has 2 rings (SSSR count). The van der Waals surface area contributed by atoms with Crippen molar-refractivity contribution in [1.29, 1.82) is 0 Å². The highest BCUT2D eigenvalue weighted by Crippen LogP contribution is 2.35. The Hall–Kier alpha value is -1.10. The lowest BCUT2D eigenvalue weighted by Crippen LogP contribution is -2.22. The van der Waals surface area contributed by atoms with Gasteiger partial charge in [0.25, 0.3) is 5.91 Å². The molecule has 22 heavy (non-hydrogen) atoms. The van der Waals surface area contributed by atoms with Gasteiger partial charge in [0.1, 0.15) is 0 Å². The maximum Gasteiger partial charge on any atom is 0.257 e. The number of amides is 1. The molecule has 0 aliphatic rings. The summed E-state index contributed by atoms with van der Waals surface area (Å²) in [5.41, 5.74) is 1.43. The predicted octanol–water partition coefficient (Wildman–Crippen LogP) is 6.10. The molecule has 2 aromatic rings. The van der Waals surface area contributed by atoms with E-state index in [0.717, 1.165) is 5.69 Å². The van der Waals surface area contributed by atoms with Crippen LogP contribution in [0.2, 0.25) is 30.7 Å². The highest BCUT2D eigenvalue weighted by molar-refractivity contribution is 7.10. The first-order chi connectivity index (χ1) is 10.3. The second-order valence-electron chi connectivity index (χ2n) is 6.80. The third-order valence-electron chi connectivity index (χ3n) is 3.43. The zero-order valence-corrected chi connectivity index (χ0v) is 16.0. The van der Waals surface area contributed by atoms with Crippen molar-refractivity contribution in [3.63, 3.8) is 0 Å². The van der Waals surface area contributed by atoms with Crippen LogP contribution in [0.1, 0.15) is 28.1 Å². The fourth-order valence-corrected chi connectivity index (χ4v) is 5.98. The van der Waals surface area contributed by atoms with E-state index < -0.39 is 8.07 Å². The van der Waals surface area contributed by atoms with Gasteiger partial charge in [0.05, 0.1) is 16.3 Å². The van der Waals surface area contributed by atoms with Gasteiger partial charge in [0.15, 0.2) is 0 Å². The predicted molar refractivity (Wildman–Crippen MR) is 100 cm³/mol. The molecule has 1 aromatic heterocycles. The smallest absolute Gasteiger partial charge is 0.257 e. The normalized spacial score (nSPS) is 13.0. The monoisotopic (exact) mass is 351 g/mol. The first kappa shape index (κ1) is 17.3. The SMILES string of the molecule is CC(C[Si](C)(C)C)c1sccc1NC(=O)c1ccccc1Cl. The number of anilines is 1. The van der Waals surface area contributed by atoms with Gasteiger partial charge in [-0.15, -0.1) is 11.3 Å². The molecule has 1 atom stereocenters. The molecule has 1 N–H and O–H groups in total. The van der Waals surface area contributed by atoms with E-state index in [1.54, 1.807) is 23.5 Å². The van der Waals surface area contributed by atoms with Crippen molar-refractivity contribution in [2.75, 3.05) is 5.32 Å². The molecule has 0 aliphatic carbocycles. The van der Waals surface area contributed by atoms with Crippen LogP contribution in [0.3, 0.4) is 0 Å². The Kier molecular flexibility index (Phi) is 5.48. The zero-order valence-electron chi connectivity index (χ0n) is 13.4. The molecule has 0 fully saturated rings. The summed E-state index contributed by atoms with van der Waals surface area (Å²) in [6.07, 6.45) is 0. The number of carbonyl (C=O) groups is 1. The molecule has 2 nitrogen and oxygen atoms in total. The quantitative estimate of drug-likeness (QED) is 0.648. The van der Waals surface area contributed by atoms with E-state index in [9.17, 15) is 4.79 Å². The molecule has 0 aliphatic heterocycles. The highest BCUT2D eigenvalue weighted by Gasteiger charge is 2.22. The molecule has 1 amide bonds. The van der Waals surface area contributed by atoms with Crippen LogP contribution < -0.4 is 5.32 Å². The molecule has 118 valence electrons. The number of carbonyl (C=O) groups excluding carboxylic acids is 1. The minimum atomic E-state index is -1.14. The van der Waals surface area contributed by atoms with E-state index in [1.807, 2.05) is 23.6 Å². The van der Waals surface area contributed by atoms with Gasteiger partial charge in [-0.1, -0.05) is 56.3 Å². The van der Waals surface area contributed by atoms with Gasteiger partial charge < -0.3 is 5.32 Å². The molecule has 1 heterocycles. The highest BCUT2D eigenvalue weighted by atomic mass is 35.5. The average Bonchev–Trinajstić information content (AvgIpc) is 2.85. The topological polar surface area (TPSA) is 29.1 Å². The van der Waals surface area contributed by atoms with Crippen molar-refractivity contribution in [3.8, 4) is 0 Å². The molecule has 0 spiro atoms. The van der Waals surface area contributed by atoms with Crippen LogP contribution in [0.15, 0.2) is 35.7 Å². The fourth-order valence-electron chi connectivity index (χ4n) is 2.65. The first-order valence-electron chi connectivity index (χ1n) is 7.41. The molecule has 0 bridgehead atoms. The van der Waals surface area contributed by atoms with Crippen molar-refractivity contribution in [1.82, 2.24) is 0 Å². The lowest BCUT2D eigenvalue weighted by atomic mass is 10.1. The zero-order chi connectivity index (χ0) is 16.3. The summed E-state index contributed by atoms with van der Waals surface area (Å²) in [5.74, 6) is 0.318. The number of nitrogens with one attached hydrogen (secondary N) is 1. The number of hydrogen-bond donors (Lipinski definition) is 1. The summed E-state index contributed by atoms with van der Waals surface area (Å²) in [4.78, 5) is 13.7. The molecule has 0 saturated carbocycles. The second-order valence-corrected chi connectivity index (χ2v) is 13.7.